The minimum atomic E-state index is 0. The molecule has 2 rings (SSSR count). The first kappa shape index (κ1) is 16.6. The van der Waals surface area contributed by atoms with Crippen LogP contribution in [-0.2, 0) is 0 Å². The van der Waals surface area contributed by atoms with Crippen LogP contribution in [0.5, 0.6) is 0 Å². The summed E-state index contributed by atoms with van der Waals surface area (Å²) in [6.45, 7) is 2.09. The van der Waals surface area contributed by atoms with E-state index in [2.05, 4.69) is 65.5 Å². The molecule has 1 aliphatic carbocycles. The van der Waals surface area contributed by atoms with Gasteiger partial charge in [-0.3, -0.25) is 0 Å². The van der Waals surface area contributed by atoms with E-state index < -0.39 is 0 Å². The van der Waals surface area contributed by atoms with Crippen molar-refractivity contribution in [2.45, 2.75) is 6.92 Å². The van der Waals surface area contributed by atoms with E-state index in [0.717, 1.165) is 17.1 Å². The fourth-order valence-corrected chi connectivity index (χ4v) is 1.52. The zero-order valence-corrected chi connectivity index (χ0v) is 11.9. The van der Waals surface area contributed by atoms with Crippen LogP contribution in [-0.4, -0.2) is 18.5 Å². The number of allylic oxidation sites excluding steroid dienone is 4. The smallest absolute Gasteiger partial charge is 0.204 e. The first-order valence-electron chi connectivity index (χ1n) is 5.39. The molecular weight excluding hydrogens is 267 g/mol. The lowest BCUT2D eigenvalue weighted by Gasteiger charge is -1.94. The Hall–Kier alpha value is -1.38. The highest BCUT2D eigenvalue weighted by Gasteiger charge is 2.06. The van der Waals surface area contributed by atoms with Crippen molar-refractivity contribution >= 4 is 17.1 Å². The van der Waals surface area contributed by atoms with Gasteiger partial charge in [-0.2, -0.15) is 0 Å². The molecule has 2 nitrogen and oxygen atoms in total. The van der Waals surface area contributed by atoms with E-state index in [0.29, 0.717) is 0 Å². The van der Waals surface area contributed by atoms with Gasteiger partial charge in [0.1, 0.15) is 7.05 Å². The van der Waals surface area contributed by atoms with E-state index in [1.807, 2.05) is 7.05 Å². The molecule has 0 radical (unpaired) electrons. The second-order valence-corrected chi connectivity index (χ2v) is 3.82. The molecule has 0 bridgehead atoms. The molecular formula is C14H16Cl2N2. The number of benzene rings is 1. The van der Waals surface area contributed by atoms with Gasteiger partial charge in [-0.05, 0) is 6.92 Å². The minimum Gasteiger partial charge on any atom is -1.00 e. The zero-order chi connectivity index (χ0) is 11.4. The summed E-state index contributed by atoms with van der Waals surface area (Å²) in [4.78, 5) is 6.45. The molecule has 0 spiro atoms. The van der Waals surface area contributed by atoms with Gasteiger partial charge < -0.3 is 24.8 Å². The first-order valence-corrected chi connectivity index (χ1v) is 5.39. The Morgan fingerprint density at radius 2 is 1.28 bits per heavy atom. The topological polar surface area (TPSA) is 27.9 Å². The standard InChI is InChI=1S/C14H14N2.2ClH/c1-11-3-5-13(6-4-11)16-14-9-7-12(15-2)8-10-14;;/h3-10H,1-2H3;2*1H. The molecule has 4 heteroatoms. The van der Waals surface area contributed by atoms with Gasteiger partial charge in [0.2, 0.25) is 11.4 Å². The van der Waals surface area contributed by atoms with E-state index in [9.17, 15) is 0 Å². The van der Waals surface area contributed by atoms with Gasteiger partial charge in [-0.1, -0.05) is 17.7 Å². The van der Waals surface area contributed by atoms with Gasteiger partial charge in [0.25, 0.3) is 0 Å². The van der Waals surface area contributed by atoms with Gasteiger partial charge in [-0.15, -0.1) is 0 Å². The average Bonchev–Trinajstić information content (AvgIpc) is 2.33. The fraction of sp³-hybridized carbons (Fsp3) is 0.143. The number of hydrogen-bond acceptors (Lipinski definition) is 0. The van der Waals surface area contributed by atoms with Crippen molar-refractivity contribution in [3.8, 4) is 0 Å². The highest BCUT2D eigenvalue weighted by Crippen LogP contribution is 2.01. The van der Waals surface area contributed by atoms with Crippen LogP contribution in [0.15, 0.2) is 48.6 Å². The number of hydrogen-bond donors (Lipinski definition) is 2. The normalized spacial score (nSPS) is 12.6. The summed E-state index contributed by atoms with van der Waals surface area (Å²) in [5.74, 6) is 0. The van der Waals surface area contributed by atoms with Crippen molar-refractivity contribution in [2.75, 3.05) is 7.05 Å². The van der Waals surface area contributed by atoms with Crippen LogP contribution < -0.4 is 34.8 Å². The Labute approximate surface area is 120 Å². The maximum atomic E-state index is 3.35. The molecule has 0 aliphatic heterocycles. The second kappa shape index (κ2) is 7.85. The molecule has 0 fully saturated rings. The van der Waals surface area contributed by atoms with Crippen molar-refractivity contribution in [3.05, 3.63) is 54.1 Å². The number of nitrogens with one attached hydrogen (secondary N) is 2. The minimum absolute atomic E-state index is 0. The first-order chi connectivity index (χ1) is 7.78. The Bertz CT molecular complexity index is 479. The zero-order valence-electron chi connectivity index (χ0n) is 10.4. The summed E-state index contributed by atoms with van der Waals surface area (Å²) in [7, 11) is 1.92. The van der Waals surface area contributed by atoms with Crippen molar-refractivity contribution in [1.82, 2.24) is 0 Å². The molecule has 1 aromatic rings. The fourth-order valence-electron chi connectivity index (χ4n) is 1.52. The monoisotopic (exact) mass is 282 g/mol. The third kappa shape index (κ3) is 4.47. The summed E-state index contributed by atoms with van der Waals surface area (Å²) in [6.07, 6.45) is 8.23. The van der Waals surface area contributed by atoms with E-state index in [4.69, 9.17) is 0 Å². The molecule has 0 saturated carbocycles. The summed E-state index contributed by atoms with van der Waals surface area (Å²) in [5.41, 5.74) is 4.61. The molecule has 18 heavy (non-hydrogen) atoms. The maximum Gasteiger partial charge on any atom is 0.204 e. The highest BCUT2D eigenvalue weighted by molar-refractivity contribution is 6.14. The highest BCUT2D eigenvalue weighted by atomic mass is 35.5. The van der Waals surface area contributed by atoms with Crippen LogP contribution in [0, 0.1) is 6.92 Å². The van der Waals surface area contributed by atoms with Crippen molar-refractivity contribution in [1.29, 1.82) is 0 Å². The van der Waals surface area contributed by atoms with Crippen molar-refractivity contribution in [3.63, 3.8) is 0 Å². The molecule has 0 saturated heterocycles. The van der Waals surface area contributed by atoms with Crippen LogP contribution >= 0.6 is 0 Å². The van der Waals surface area contributed by atoms with Gasteiger partial charge in [0.05, 0.1) is 0 Å². The predicted molar refractivity (Wildman–Crippen MR) is 67.0 cm³/mol. The Balaban J connectivity index is 0.00000144. The third-order valence-electron chi connectivity index (χ3n) is 2.51. The lowest BCUT2D eigenvalue weighted by molar-refractivity contribution is -0.417. The predicted octanol–water partition coefficient (Wildman–Crippen LogP) is -6.57. The lowest BCUT2D eigenvalue weighted by atomic mass is 10.1. The summed E-state index contributed by atoms with van der Waals surface area (Å²) in [6, 6.07) is 8.37. The van der Waals surface area contributed by atoms with Crippen LogP contribution in [0.4, 0.5) is 5.69 Å². The molecule has 0 heterocycles. The van der Waals surface area contributed by atoms with Gasteiger partial charge >= 0.3 is 0 Å². The molecule has 0 atom stereocenters. The molecule has 1 aliphatic rings. The summed E-state index contributed by atoms with van der Waals surface area (Å²) < 4.78 is 0. The SMILES string of the molecule is C[NH+]=C1C=CC(=[NH+]c2ccc(C)cc2)C=C1.[Cl-].[Cl-]. The van der Waals surface area contributed by atoms with Crippen LogP contribution in [0.25, 0.3) is 0 Å². The maximum absolute atomic E-state index is 3.35. The molecule has 0 aromatic heterocycles. The Morgan fingerprint density at radius 1 is 0.778 bits per heavy atom. The number of aryl methyl sites for hydroxylation is 1. The van der Waals surface area contributed by atoms with E-state index in [-0.39, 0.29) is 24.8 Å². The van der Waals surface area contributed by atoms with Crippen LogP contribution in [0.1, 0.15) is 5.56 Å². The second-order valence-electron chi connectivity index (χ2n) is 3.82. The van der Waals surface area contributed by atoms with E-state index in [1.165, 1.54) is 5.56 Å². The average molecular weight is 283 g/mol. The molecule has 0 unspecified atom stereocenters. The van der Waals surface area contributed by atoms with Crippen molar-refractivity contribution in [2.24, 2.45) is 0 Å². The molecule has 0 amide bonds. The quantitative estimate of drug-likeness (QED) is 0.480. The van der Waals surface area contributed by atoms with Gasteiger partial charge in [0.15, 0.2) is 5.71 Å². The lowest BCUT2D eigenvalue weighted by Crippen LogP contribution is -3.00. The van der Waals surface area contributed by atoms with Crippen LogP contribution in [0.3, 0.4) is 0 Å². The Kier molecular flexibility index (Phi) is 7.25. The number of halogens is 2. The van der Waals surface area contributed by atoms with Gasteiger partial charge in [-0.25, -0.2) is 9.98 Å². The third-order valence-corrected chi connectivity index (χ3v) is 2.51. The van der Waals surface area contributed by atoms with E-state index >= 15 is 0 Å². The Morgan fingerprint density at radius 3 is 1.78 bits per heavy atom. The van der Waals surface area contributed by atoms with Crippen LogP contribution in [0.2, 0.25) is 0 Å². The summed E-state index contributed by atoms with van der Waals surface area (Å²) in [5, 5.41) is 0. The molecule has 2 N–H and O–H groups in total. The van der Waals surface area contributed by atoms with Gasteiger partial charge in [0, 0.05) is 36.4 Å². The summed E-state index contributed by atoms with van der Waals surface area (Å²) >= 11 is 0. The van der Waals surface area contributed by atoms with E-state index in [1.54, 1.807) is 0 Å². The largest absolute Gasteiger partial charge is 1.00 e. The molecule has 96 valence electrons. The van der Waals surface area contributed by atoms with Crippen molar-refractivity contribution < 1.29 is 34.8 Å². The number of rotatable bonds is 1. The molecule has 1 aromatic carbocycles.